The van der Waals surface area contributed by atoms with Crippen LogP contribution in [0.25, 0.3) is 11.3 Å². The maximum Gasteiger partial charge on any atom is 0.267 e. The van der Waals surface area contributed by atoms with E-state index in [1.54, 1.807) is 41.6 Å². The lowest BCUT2D eigenvalue weighted by atomic mass is 9.91. The van der Waals surface area contributed by atoms with E-state index in [9.17, 15) is 4.79 Å². The molecule has 138 valence electrons. The molecule has 0 aliphatic heterocycles. The first kappa shape index (κ1) is 17.3. The van der Waals surface area contributed by atoms with Crippen LogP contribution in [0.15, 0.2) is 53.8 Å². The van der Waals surface area contributed by atoms with E-state index in [2.05, 4.69) is 25.4 Å². The van der Waals surface area contributed by atoms with E-state index in [4.69, 9.17) is 0 Å². The highest BCUT2D eigenvalue weighted by Gasteiger charge is 2.24. The Morgan fingerprint density at radius 3 is 2.48 bits per heavy atom. The lowest BCUT2D eigenvalue weighted by Gasteiger charge is -2.29. The minimum Gasteiger partial charge on any atom is -0.366 e. The van der Waals surface area contributed by atoms with Gasteiger partial charge in [0.1, 0.15) is 5.82 Å². The monoisotopic (exact) mass is 362 g/mol. The highest BCUT2D eigenvalue weighted by molar-refractivity contribution is 5.57. The predicted molar refractivity (Wildman–Crippen MR) is 103 cm³/mol. The molecule has 0 unspecified atom stereocenters. The summed E-state index contributed by atoms with van der Waals surface area (Å²) in [5, 5.41) is 8.06. The van der Waals surface area contributed by atoms with Gasteiger partial charge in [-0.25, -0.2) is 9.67 Å². The van der Waals surface area contributed by atoms with Crippen molar-refractivity contribution in [2.24, 2.45) is 0 Å². The first-order chi connectivity index (χ1) is 13.2. The normalized spacial score (nSPS) is 19.6. The van der Waals surface area contributed by atoms with Gasteiger partial charge in [-0.3, -0.25) is 14.8 Å². The second kappa shape index (κ2) is 7.65. The van der Waals surface area contributed by atoms with Gasteiger partial charge < -0.3 is 5.32 Å². The number of rotatable bonds is 4. The smallest absolute Gasteiger partial charge is 0.267 e. The summed E-state index contributed by atoms with van der Waals surface area (Å²) in [5.74, 6) is 0.805. The minimum atomic E-state index is -0.0476. The quantitative estimate of drug-likeness (QED) is 0.768. The topological polar surface area (TPSA) is 85.6 Å². The van der Waals surface area contributed by atoms with Gasteiger partial charge >= 0.3 is 0 Å². The number of nitrogens with one attached hydrogen (secondary N) is 1. The average Bonchev–Trinajstić information content (AvgIpc) is 2.71. The van der Waals surface area contributed by atoms with Crippen LogP contribution in [0.5, 0.6) is 0 Å². The number of aryl methyl sites for hydroxylation is 1. The number of anilines is 1. The third-order valence-electron chi connectivity index (χ3n) is 4.98. The third kappa shape index (κ3) is 4.02. The van der Waals surface area contributed by atoms with Gasteiger partial charge in [0.05, 0.1) is 29.8 Å². The molecule has 27 heavy (non-hydrogen) atoms. The Morgan fingerprint density at radius 1 is 1.00 bits per heavy atom. The van der Waals surface area contributed by atoms with Crippen LogP contribution in [0, 0.1) is 6.92 Å². The minimum absolute atomic E-state index is 0.0476. The van der Waals surface area contributed by atoms with E-state index >= 15 is 0 Å². The van der Waals surface area contributed by atoms with Crippen LogP contribution >= 0.6 is 0 Å². The Bertz CT molecular complexity index is 946. The van der Waals surface area contributed by atoms with Gasteiger partial charge in [-0.1, -0.05) is 0 Å². The Balaban J connectivity index is 1.45. The molecule has 1 aliphatic carbocycles. The summed E-state index contributed by atoms with van der Waals surface area (Å²) in [6.45, 7) is 1.92. The first-order valence-electron chi connectivity index (χ1n) is 9.24. The van der Waals surface area contributed by atoms with Crippen molar-refractivity contribution in [1.82, 2.24) is 24.7 Å². The van der Waals surface area contributed by atoms with E-state index in [1.807, 2.05) is 19.1 Å². The summed E-state index contributed by atoms with van der Waals surface area (Å²) in [7, 11) is 0. The van der Waals surface area contributed by atoms with Gasteiger partial charge in [-0.2, -0.15) is 5.10 Å². The SMILES string of the molecule is Cc1cnc(NC2CCC(n3nc(-c4ccncc4)ccc3=O)CC2)cn1. The van der Waals surface area contributed by atoms with Gasteiger partial charge in [0.2, 0.25) is 0 Å². The molecule has 1 N–H and O–H groups in total. The fourth-order valence-electron chi connectivity index (χ4n) is 3.50. The number of pyridine rings is 1. The second-order valence-electron chi connectivity index (χ2n) is 6.93. The van der Waals surface area contributed by atoms with Gasteiger partial charge in [0.25, 0.3) is 5.56 Å². The highest BCUT2D eigenvalue weighted by atomic mass is 16.1. The first-order valence-corrected chi connectivity index (χ1v) is 9.24. The molecule has 4 rings (SSSR count). The molecule has 0 radical (unpaired) electrons. The standard InChI is InChI=1S/C20H22N6O/c1-14-12-23-19(13-22-14)24-16-2-4-17(5-3-16)26-20(27)7-6-18(25-26)15-8-10-21-11-9-15/h6-13,16-17H,2-5H2,1H3,(H,23,24). The number of hydrogen-bond acceptors (Lipinski definition) is 6. The zero-order valence-corrected chi connectivity index (χ0v) is 15.2. The molecule has 3 aromatic heterocycles. The van der Waals surface area contributed by atoms with Crippen molar-refractivity contribution in [3.63, 3.8) is 0 Å². The van der Waals surface area contributed by atoms with E-state index < -0.39 is 0 Å². The molecule has 0 bridgehead atoms. The molecule has 1 aliphatic rings. The van der Waals surface area contributed by atoms with Crippen molar-refractivity contribution >= 4 is 5.82 Å². The van der Waals surface area contributed by atoms with Crippen LogP contribution in [0.4, 0.5) is 5.82 Å². The van der Waals surface area contributed by atoms with Crippen LogP contribution in [0.1, 0.15) is 37.4 Å². The molecule has 0 aromatic carbocycles. The van der Waals surface area contributed by atoms with Gasteiger partial charge in [0.15, 0.2) is 0 Å². The molecule has 0 spiro atoms. The van der Waals surface area contributed by atoms with Crippen LogP contribution in [-0.4, -0.2) is 30.8 Å². The predicted octanol–water partition coefficient (Wildman–Crippen LogP) is 3.00. The van der Waals surface area contributed by atoms with Crippen LogP contribution in [0.3, 0.4) is 0 Å². The van der Waals surface area contributed by atoms with E-state index in [-0.39, 0.29) is 11.6 Å². The fourth-order valence-corrected chi connectivity index (χ4v) is 3.50. The van der Waals surface area contributed by atoms with Crippen molar-refractivity contribution in [2.75, 3.05) is 5.32 Å². The zero-order chi connectivity index (χ0) is 18.6. The molecule has 7 heteroatoms. The summed E-state index contributed by atoms with van der Waals surface area (Å²) in [6.07, 6.45) is 10.7. The van der Waals surface area contributed by atoms with Gasteiger partial charge in [0, 0.05) is 30.1 Å². The summed E-state index contributed by atoms with van der Waals surface area (Å²) in [4.78, 5) is 25.0. The number of nitrogens with zero attached hydrogens (tertiary/aromatic N) is 5. The Hall–Kier alpha value is -3.09. The van der Waals surface area contributed by atoms with Crippen molar-refractivity contribution in [2.45, 2.75) is 44.7 Å². The second-order valence-corrected chi connectivity index (χ2v) is 6.93. The molecule has 0 amide bonds. The lowest BCUT2D eigenvalue weighted by Crippen LogP contribution is -2.33. The Morgan fingerprint density at radius 2 is 1.78 bits per heavy atom. The lowest BCUT2D eigenvalue weighted by molar-refractivity contribution is 0.304. The molecule has 0 saturated heterocycles. The zero-order valence-electron chi connectivity index (χ0n) is 15.2. The molecule has 0 atom stereocenters. The molecule has 3 aromatic rings. The van der Waals surface area contributed by atoms with Crippen LogP contribution in [0.2, 0.25) is 0 Å². The summed E-state index contributed by atoms with van der Waals surface area (Å²) in [5.41, 5.74) is 2.62. The van der Waals surface area contributed by atoms with Crippen molar-refractivity contribution in [3.05, 3.63) is 65.1 Å². The molecule has 3 heterocycles. The largest absolute Gasteiger partial charge is 0.366 e. The summed E-state index contributed by atoms with van der Waals surface area (Å²) >= 11 is 0. The van der Waals surface area contributed by atoms with E-state index in [0.717, 1.165) is 48.5 Å². The molecule has 7 nitrogen and oxygen atoms in total. The molecule has 1 fully saturated rings. The number of hydrogen-bond donors (Lipinski definition) is 1. The summed E-state index contributed by atoms with van der Waals surface area (Å²) in [6, 6.07) is 7.66. The van der Waals surface area contributed by atoms with Crippen molar-refractivity contribution in [3.8, 4) is 11.3 Å². The van der Waals surface area contributed by atoms with E-state index in [1.165, 1.54) is 0 Å². The van der Waals surface area contributed by atoms with Crippen LogP contribution in [-0.2, 0) is 0 Å². The maximum absolute atomic E-state index is 12.4. The maximum atomic E-state index is 12.4. The molecular weight excluding hydrogens is 340 g/mol. The molecular formula is C20H22N6O. The third-order valence-corrected chi connectivity index (χ3v) is 4.98. The molecule has 1 saturated carbocycles. The highest BCUT2D eigenvalue weighted by Crippen LogP contribution is 2.29. The van der Waals surface area contributed by atoms with Gasteiger partial charge in [-0.05, 0) is 50.8 Å². The number of aromatic nitrogens is 5. The average molecular weight is 362 g/mol. The van der Waals surface area contributed by atoms with Crippen molar-refractivity contribution in [1.29, 1.82) is 0 Å². The Kier molecular flexibility index (Phi) is 4.91. The Labute approximate surface area is 157 Å². The van der Waals surface area contributed by atoms with E-state index in [0.29, 0.717) is 6.04 Å². The van der Waals surface area contributed by atoms with Crippen LogP contribution < -0.4 is 10.9 Å². The summed E-state index contributed by atoms with van der Waals surface area (Å²) < 4.78 is 1.65. The van der Waals surface area contributed by atoms with Gasteiger partial charge in [-0.15, -0.1) is 0 Å². The van der Waals surface area contributed by atoms with Crippen molar-refractivity contribution < 1.29 is 0 Å². The fraction of sp³-hybridized carbons (Fsp3) is 0.350.